The van der Waals surface area contributed by atoms with Crippen LogP contribution in [0.1, 0.15) is 470 Å². The van der Waals surface area contributed by atoms with Crippen molar-refractivity contribution in [3.8, 4) is 0 Å². The minimum atomic E-state index is -4.64. The molecule has 0 aliphatic carbocycles. The monoisotopic (exact) mass is 1410 g/mol. The molecule has 0 N–H and O–H groups in total. The van der Waals surface area contributed by atoms with Gasteiger partial charge in [0.25, 0.3) is 7.82 Å². The highest BCUT2D eigenvalue weighted by atomic mass is 31.2. The second-order valence-electron chi connectivity index (χ2n) is 31.6. The van der Waals surface area contributed by atoms with Gasteiger partial charge in [0.15, 0.2) is 6.10 Å². The highest BCUT2D eigenvalue weighted by Crippen LogP contribution is 2.38. The molecule has 0 saturated carbocycles. The van der Waals surface area contributed by atoms with Crippen molar-refractivity contribution in [2.24, 2.45) is 0 Å². The number of phosphoric ester groups is 1. The van der Waals surface area contributed by atoms with Crippen LogP contribution in [0.2, 0.25) is 0 Å². The Bertz CT molecular complexity index is 1760. The van der Waals surface area contributed by atoms with Gasteiger partial charge in [-0.3, -0.25) is 14.2 Å². The molecule has 586 valence electrons. The third kappa shape index (κ3) is 85.1. The first kappa shape index (κ1) is 97.2. The summed E-state index contributed by atoms with van der Waals surface area (Å²) in [4.78, 5) is 38.2. The van der Waals surface area contributed by atoms with Gasteiger partial charge in [-0.15, -0.1) is 0 Å². The Morgan fingerprint density at radius 2 is 0.545 bits per heavy atom. The molecule has 0 aromatic rings. The first-order valence-electron chi connectivity index (χ1n) is 44.2. The van der Waals surface area contributed by atoms with Crippen molar-refractivity contribution in [3.05, 3.63) is 36.5 Å². The number of unbranched alkanes of at least 4 members (excludes halogenated alkanes) is 64. The van der Waals surface area contributed by atoms with Crippen LogP contribution >= 0.6 is 7.82 Å². The molecule has 0 rings (SSSR count). The predicted octanol–water partition coefficient (Wildman–Crippen LogP) is 29.1. The standard InChI is InChI=1S/C89H172NO8P/c1-6-8-10-12-14-16-18-20-22-24-26-28-30-32-34-36-38-40-42-44-46-47-49-51-53-55-57-59-61-63-65-67-69-71-73-75-77-79-81-88(91)95-85-87(86-97-99(93,94)96-84-83-90(3,4)5)98-89(92)82-80-78-76-74-72-70-68-66-64-62-60-58-56-54-52-50-48-45-43-41-39-37-35-33-31-29-27-25-23-21-19-17-15-13-11-9-7-2/h19,21,25,27,31,33,87H,6-18,20,22-24,26,28-30,32,34-86H2,1-5H3/b21-19-,27-25-,33-31-. The molecule has 0 aliphatic heterocycles. The second kappa shape index (κ2) is 80.3. The van der Waals surface area contributed by atoms with Crippen molar-refractivity contribution in [3.63, 3.8) is 0 Å². The number of nitrogens with zero attached hydrogens (tertiary/aromatic N) is 1. The van der Waals surface area contributed by atoms with Crippen molar-refractivity contribution in [1.29, 1.82) is 0 Å². The zero-order chi connectivity index (χ0) is 71.8. The molecule has 0 heterocycles. The number of phosphoric acid groups is 1. The van der Waals surface area contributed by atoms with Gasteiger partial charge >= 0.3 is 11.9 Å². The smallest absolute Gasteiger partial charge is 0.306 e. The zero-order valence-electron chi connectivity index (χ0n) is 67.2. The number of hydrogen-bond acceptors (Lipinski definition) is 8. The van der Waals surface area contributed by atoms with Gasteiger partial charge in [-0.05, 0) is 51.4 Å². The van der Waals surface area contributed by atoms with Crippen molar-refractivity contribution in [1.82, 2.24) is 0 Å². The fraction of sp³-hybridized carbons (Fsp3) is 0.910. The number of allylic oxidation sites excluding steroid dienone is 6. The second-order valence-corrected chi connectivity index (χ2v) is 33.0. The third-order valence-corrected chi connectivity index (χ3v) is 21.4. The van der Waals surface area contributed by atoms with Crippen LogP contribution in [0.3, 0.4) is 0 Å². The van der Waals surface area contributed by atoms with Crippen molar-refractivity contribution in [2.75, 3.05) is 47.5 Å². The van der Waals surface area contributed by atoms with Crippen LogP contribution in [0, 0.1) is 0 Å². The first-order chi connectivity index (χ1) is 48.5. The predicted molar refractivity (Wildman–Crippen MR) is 430 cm³/mol. The van der Waals surface area contributed by atoms with E-state index in [0.717, 1.165) is 44.9 Å². The van der Waals surface area contributed by atoms with Gasteiger partial charge < -0.3 is 27.9 Å². The van der Waals surface area contributed by atoms with Gasteiger partial charge in [-0.2, -0.15) is 0 Å². The fourth-order valence-electron chi connectivity index (χ4n) is 13.7. The molecule has 0 aromatic heterocycles. The number of likely N-dealkylation sites (N-methyl/N-ethyl adjacent to an activating group) is 1. The van der Waals surface area contributed by atoms with E-state index < -0.39 is 26.5 Å². The fourth-order valence-corrected chi connectivity index (χ4v) is 14.4. The number of esters is 2. The lowest BCUT2D eigenvalue weighted by atomic mass is 10.0. The zero-order valence-corrected chi connectivity index (χ0v) is 68.1. The summed E-state index contributed by atoms with van der Waals surface area (Å²) >= 11 is 0. The van der Waals surface area contributed by atoms with Crippen molar-refractivity contribution >= 4 is 19.8 Å². The topological polar surface area (TPSA) is 111 Å². The van der Waals surface area contributed by atoms with Crippen LogP contribution in [0.15, 0.2) is 36.5 Å². The number of ether oxygens (including phenoxy) is 2. The van der Waals surface area contributed by atoms with E-state index in [1.807, 2.05) is 21.1 Å². The molecule has 0 saturated heterocycles. The van der Waals surface area contributed by atoms with Gasteiger partial charge in [0.1, 0.15) is 19.8 Å². The summed E-state index contributed by atoms with van der Waals surface area (Å²) in [6, 6.07) is 0. The molecule has 0 bridgehead atoms. The van der Waals surface area contributed by atoms with Crippen molar-refractivity contribution in [2.45, 2.75) is 476 Å². The average Bonchev–Trinajstić information content (AvgIpc) is 0.999. The number of carbonyl (C=O) groups excluding carboxylic acids is 2. The molecule has 0 fully saturated rings. The molecule has 0 radical (unpaired) electrons. The van der Waals surface area contributed by atoms with Crippen LogP contribution in [0.4, 0.5) is 0 Å². The first-order valence-corrected chi connectivity index (χ1v) is 45.7. The maximum atomic E-state index is 12.9. The Hall–Kier alpha value is -1.77. The summed E-state index contributed by atoms with van der Waals surface area (Å²) < 4.78 is 34.5. The molecule has 10 heteroatoms. The van der Waals surface area contributed by atoms with E-state index in [1.165, 1.54) is 392 Å². The van der Waals surface area contributed by atoms with E-state index in [-0.39, 0.29) is 32.0 Å². The van der Waals surface area contributed by atoms with Crippen LogP contribution in [-0.4, -0.2) is 70.0 Å². The molecule has 99 heavy (non-hydrogen) atoms. The van der Waals surface area contributed by atoms with E-state index in [4.69, 9.17) is 18.5 Å². The summed E-state index contributed by atoms with van der Waals surface area (Å²) in [5.74, 6) is -0.804. The van der Waals surface area contributed by atoms with Crippen LogP contribution < -0.4 is 4.89 Å². The molecule has 0 amide bonds. The number of rotatable bonds is 84. The van der Waals surface area contributed by atoms with Crippen LogP contribution in [0.5, 0.6) is 0 Å². The average molecular weight is 1420 g/mol. The number of hydrogen-bond donors (Lipinski definition) is 0. The summed E-state index contributed by atoms with van der Waals surface area (Å²) in [6.07, 6.45) is 106. The SMILES string of the molecule is CCCCCCC/C=C\C/C=C\C/C=C\CCCCCCCCCCCCCCCCCCCCCCCCC(=O)OC(COC(=O)CCCCCCCCCCCCCCCCCCCCCCCCCCCCCCCCCCCCCCCC)COP(=O)([O-])OCC[N+](C)(C)C. The summed E-state index contributed by atoms with van der Waals surface area (Å²) in [6.45, 7) is 4.32. The highest BCUT2D eigenvalue weighted by molar-refractivity contribution is 7.45. The Balaban J connectivity index is 3.85. The van der Waals surface area contributed by atoms with Gasteiger partial charge in [0, 0.05) is 12.8 Å². The normalized spacial score (nSPS) is 13.1. The molecular weight excluding hydrogens is 1240 g/mol. The Morgan fingerprint density at radius 3 is 0.808 bits per heavy atom. The maximum absolute atomic E-state index is 12.9. The highest BCUT2D eigenvalue weighted by Gasteiger charge is 2.22. The molecule has 0 spiro atoms. The third-order valence-electron chi connectivity index (χ3n) is 20.4. The number of quaternary nitrogens is 1. The molecule has 0 aromatic carbocycles. The van der Waals surface area contributed by atoms with Crippen LogP contribution in [-0.2, 0) is 32.7 Å². The van der Waals surface area contributed by atoms with E-state index in [1.54, 1.807) is 0 Å². The summed E-state index contributed by atoms with van der Waals surface area (Å²) in [5.41, 5.74) is 0. The largest absolute Gasteiger partial charge is 0.756 e. The Morgan fingerprint density at radius 1 is 0.313 bits per heavy atom. The van der Waals surface area contributed by atoms with E-state index in [9.17, 15) is 19.0 Å². The summed E-state index contributed by atoms with van der Waals surface area (Å²) in [7, 11) is 1.19. The Labute approximate surface area is 618 Å². The lowest BCUT2D eigenvalue weighted by molar-refractivity contribution is -0.870. The minimum absolute atomic E-state index is 0.0268. The number of carbonyl (C=O) groups is 2. The van der Waals surface area contributed by atoms with E-state index >= 15 is 0 Å². The molecule has 0 aliphatic rings. The molecule has 2 atom stereocenters. The van der Waals surface area contributed by atoms with Gasteiger partial charge in [-0.1, -0.05) is 442 Å². The van der Waals surface area contributed by atoms with Gasteiger partial charge in [0.2, 0.25) is 0 Å². The van der Waals surface area contributed by atoms with Crippen LogP contribution in [0.25, 0.3) is 0 Å². The minimum Gasteiger partial charge on any atom is -0.756 e. The molecular formula is C89H172NO8P. The van der Waals surface area contributed by atoms with Crippen molar-refractivity contribution < 1.29 is 42.1 Å². The summed E-state index contributed by atoms with van der Waals surface area (Å²) in [5, 5.41) is 0. The van der Waals surface area contributed by atoms with Gasteiger partial charge in [-0.25, -0.2) is 0 Å². The maximum Gasteiger partial charge on any atom is 0.306 e. The van der Waals surface area contributed by atoms with E-state index in [2.05, 4.69) is 50.3 Å². The molecule has 9 nitrogen and oxygen atoms in total. The Kier molecular flexibility index (Phi) is 78.9. The van der Waals surface area contributed by atoms with Gasteiger partial charge in [0.05, 0.1) is 27.7 Å². The molecule has 2 unspecified atom stereocenters. The quantitative estimate of drug-likeness (QED) is 0.0195. The van der Waals surface area contributed by atoms with E-state index in [0.29, 0.717) is 17.4 Å². The lowest BCUT2D eigenvalue weighted by Crippen LogP contribution is -2.37. The lowest BCUT2D eigenvalue weighted by Gasteiger charge is -2.28.